The van der Waals surface area contributed by atoms with Crippen LogP contribution in [0.5, 0.6) is 0 Å². The lowest BCUT2D eigenvalue weighted by molar-refractivity contribution is -0.116. The fourth-order valence-corrected chi connectivity index (χ4v) is 2.77. The molecule has 0 aliphatic heterocycles. The third-order valence-corrected chi connectivity index (χ3v) is 4.56. The smallest absolute Gasteiger partial charge is 0.340 e. The lowest BCUT2D eigenvalue weighted by Crippen LogP contribution is -2.16. The van der Waals surface area contributed by atoms with E-state index in [2.05, 4.69) is 10.1 Å². The number of carbonyl (C=O) groups is 3. The summed E-state index contributed by atoms with van der Waals surface area (Å²) >= 11 is 1.57. The van der Waals surface area contributed by atoms with Gasteiger partial charge in [0.05, 0.1) is 24.0 Å². The SMILES string of the molecule is COC(=O)c1cc(F)cc(NC(=O)CCC(=O)c2ccc(SC)cc2)c1N. The summed E-state index contributed by atoms with van der Waals surface area (Å²) in [5.41, 5.74) is 5.98. The average molecular weight is 390 g/mol. The van der Waals surface area contributed by atoms with Crippen molar-refractivity contribution in [2.75, 3.05) is 24.4 Å². The maximum absolute atomic E-state index is 13.7. The number of carbonyl (C=O) groups excluding carboxylic acids is 3. The van der Waals surface area contributed by atoms with Gasteiger partial charge in [-0.3, -0.25) is 9.59 Å². The molecule has 0 aromatic heterocycles. The largest absolute Gasteiger partial charge is 0.465 e. The van der Waals surface area contributed by atoms with Crippen LogP contribution >= 0.6 is 11.8 Å². The van der Waals surface area contributed by atoms with Crippen molar-refractivity contribution >= 4 is 40.8 Å². The molecule has 0 atom stereocenters. The minimum atomic E-state index is -0.814. The Morgan fingerprint density at radius 2 is 1.81 bits per heavy atom. The van der Waals surface area contributed by atoms with Gasteiger partial charge in [-0.05, 0) is 30.5 Å². The highest BCUT2D eigenvalue weighted by Gasteiger charge is 2.17. The number of thioether (sulfide) groups is 1. The van der Waals surface area contributed by atoms with Gasteiger partial charge >= 0.3 is 5.97 Å². The summed E-state index contributed by atoms with van der Waals surface area (Å²) in [6.45, 7) is 0. The van der Waals surface area contributed by atoms with E-state index in [1.54, 1.807) is 23.9 Å². The van der Waals surface area contributed by atoms with E-state index in [0.717, 1.165) is 24.1 Å². The number of anilines is 2. The first-order valence-electron chi connectivity index (χ1n) is 8.00. The Balaban J connectivity index is 2.02. The molecule has 2 aromatic carbocycles. The summed E-state index contributed by atoms with van der Waals surface area (Å²) < 4.78 is 18.2. The molecule has 0 saturated carbocycles. The molecule has 0 aliphatic rings. The second kappa shape index (κ2) is 9.18. The minimum Gasteiger partial charge on any atom is -0.465 e. The molecule has 0 unspecified atom stereocenters. The van der Waals surface area contributed by atoms with E-state index < -0.39 is 17.7 Å². The number of nitrogens with one attached hydrogen (secondary N) is 1. The highest BCUT2D eigenvalue weighted by Crippen LogP contribution is 2.26. The molecule has 0 heterocycles. The lowest BCUT2D eigenvalue weighted by atomic mass is 10.1. The standard InChI is InChI=1S/C19H19FN2O4S/c1-26-19(25)14-9-12(20)10-15(18(14)21)22-17(24)8-7-16(23)11-3-5-13(27-2)6-4-11/h3-6,9-10H,7-8,21H2,1-2H3,(H,22,24). The molecule has 2 aromatic rings. The number of methoxy groups -OCH3 is 1. The van der Waals surface area contributed by atoms with Crippen LogP contribution in [0.2, 0.25) is 0 Å². The molecule has 0 fully saturated rings. The van der Waals surface area contributed by atoms with Crippen LogP contribution in [0.3, 0.4) is 0 Å². The van der Waals surface area contributed by atoms with Crippen LogP contribution in [-0.2, 0) is 9.53 Å². The third kappa shape index (κ3) is 5.30. The molecule has 0 aliphatic carbocycles. The summed E-state index contributed by atoms with van der Waals surface area (Å²) in [6.07, 6.45) is 1.82. The fraction of sp³-hybridized carbons (Fsp3) is 0.211. The second-order valence-electron chi connectivity index (χ2n) is 5.61. The summed E-state index contributed by atoms with van der Waals surface area (Å²) in [5, 5.41) is 2.43. The Morgan fingerprint density at radius 3 is 2.41 bits per heavy atom. The van der Waals surface area contributed by atoms with Crippen LogP contribution in [0.1, 0.15) is 33.6 Å². The summed E-state index contributed by atoms with van der Waals surface area (Å²) in [7, 11) is 1.14. The normalized spacial score (nSPS) is 10.3. The Bertz CT molecular complexity index is 869. The van der Waals surface area contributed by atoms with Gasteiger partial charge in [0.1, 0.15) is 5.82 Å². The number of halogens is 1. The molecule has 3 N–H and O–H groups in total. The number of Topliss-reactive ketones (excluding diaryl/α,β-unsaturated/α-hetero) is 1. The van der Waals surface area contributed by atoms with Crippen molar-refractivity contribution in [1.82, 2.24) is 0 Å². The molecule has 1 amide bonds. The van der Waals surface area contributed by atoms with Gasteiger partial charge in [0.25, 0.3) is 0 Å². The van der Waals surface area contributed by atoms with Crippen molar-refractivity contribution in [2.24, 2.45) is 0 Å². The number of ether oxygens (including phenoxy) is 1. The zero-order chi connectivity index (χ0) is 20.0. The lowest BCUT2D eigenvalue weighted by Gasteiger charge is -2.11. The van der Waals surface area contributed by atoms with Gasteiger partial charge in [0.2, 0.25) is 5.91 Å². The van der Waals surface area contributed by atoms with Crippen molar-refractivity contribution in [2.45, 2.75) is 17.7 Å². The third-order valence-electron chi connectivity index (χ3n) is 3.82. The molecule has 27 heavy (non-hydrogen) atoms. The maximum Gasteiger partial charge on any atom is 0.340 e. The van der Waals surface area contributed by atoms with Crippen molar-refractivity contribution in [3.63, 3.8) is 0 Å². The van der Waals surface area contributed by atoms with Crippen LogP contribution in [-0.4, -0.2) is 31.0 Å². The number of amides is 1. The molecule has 0 spiro atoms. The number of ketones is 1. The van der Waals surface area contributed by atoms with Crippen LogP contribution in [0, 0.1) is 5.82 Å². The molecule has 6 nitrogen and oxygen atoms in total. The monoisotopic (exact) mass is 390 g/mol. The van der Waals surface area contributed by atoms with Crippen LogP contribution in [0.25, 0.3) is 0 Å². The predicted molar refractivity (Wildman–Crippen MR) is 103 cm³/mol. The van der Waals surface area contributed by atoms with Gasteiger partial charge in [-0.15, -0.1) is 11.8 Å². The van der Waals surface area contributed by atoms with Gasteiger partial charge in [-0.2, -0.15) is 0 Å². The number of nitrogens with two attached hydrogens (primary N) is 1. The first kappa shape index (κ1) is 20.4. The fourth-order valence-electron chi connectivity index (χ4n) is 2.36. The highest BCUT2D eigenvalue weighted by molar-refractivity contribution is 7.98. The topological polar surface area (TPSA) is 98.5 Å². The molecule has 0 saturated heterocycles. The van der Waals surface area contributed by atoms with E-state index in [4.69, 9.17) is 5.73 Å². The first-order valence-corrected chi connectivity index (χ1v) is 9.22. The zero-order valence-electron chi connectivity index (χ0n) is 14.9. The summed E-state index contributed by atoms with van der Waals surface area (Å²) in [5.74, 6) is -2.26. The molecule has 2 rings (SSSR count). The number of rotatable bonds is 7. The van der Waals surface area contributed by atoms with Gasteiger partial charge in [0, 0.05) is 23.3 Å². The number of nitrogen functional groups attached to an aromatic ring is 1. The van der Waals surface area contributed by atoms with Crippen molar-refractivity contribution < 1.29 is 23.5 Å². The van der Waals surface area contributed by atoms with E-state index in [0.29, 0.717) is 5.56 Å². The van der Waals surface area contributed by atoms with Gasteiger partial charge < -0.3 is 15.8 Å². The molecular weight excluding hydrogens is 371 g/mol. The number of esters is 1. The van der Waals surface area contributed by atoms with E-state index in [1.807, 2.05) is 18.4 Å². The zero-order valence-corrected chi connectivity index (χ0v) is 15.7. The van der Waals surface area contributed by atoms with E-state index in [1.165, 1.54) is 0 Å². The Kier molecular flexibility index (Phi) is 6.95. The average Bonchev–Trinajstić information content (AvgIpc) is 2.68. The van der Waals surface area contributed by atoms with Crippen LogP contribution in [0.4, 0.5) is 15.8 Å². The van der Waals surface area contributed by atoms with E-state index in [-0.39, 0.29) is 35.6 Å². The second-order valence-corrected chi connectivity index (χ2v) is 6.49. The Morgan fingerprint density at radius 1 is 1.15 bits per heavy atom. The number of hydrogen-bond acceptors (Lipinski definition) is 6. The van der Waals surface area contributed by atoms with Crippen molar-refractivity contribution in [1.29, 1.82) is 0 Å². The molecule has 142 valence electrons. The van der Waals surface area contributed by atoms with Crippen molar-refractivity contribution in [3.8, 4) is 0 Å². The van der Waals surface area contributed by atoms with Gasteiger partial charge in [-0.1, -0.05) is 12.1 Å². The maximum atomic E-state index is 13.7. The highest BCUT2D eigenvalue weighted by atomic mass is 32.2. The quantitative estimate of drug-likeness (QED) is 0.325. The molecule has 0 radical (unpaired) electrons. The van der Waals surface area contributed by atoms with E-state index in [9.17, 15) is 18.8 Å². The van der Waals surface area contributed by atoms with Crippen LogP contribution < -0.4 is 11.1 Å². The summed E-state index contributed by atoms with van der Waals surface area (Å²) in [4.78, 5) is 36.9. The Hall–Kier alpha value is -2.87. The van der Waals surface area contributed by atoms with E-state index >= 15 is 0 Å². The molecule has 8 heteroatoms. The van der Waals surface area contributed by atoms with Gasteiger partial charge in [0.15, 0.2) is 5.78 Å². The van der Waals surface area contributed by atoms with Crippen LogP contribution in [0.15, 0.2) is 41.3 Å². The number of hydrogen-bond donors (Lipinski definition) is 2. The Labute approximate surface area is 160 Å². The first-order chi connectivity index (χ1) is 12.8. The predicted octanol–water partition coefficient (Wildman–Crippen LogP) is 3.52. The van der Waals surface area contributed by atoms with Gasteiger partial charge in [-0.25, -0.2) is 9.18 Å². The summed E-state index contributed by atoms with van der Waals surface area (Å²) in [6, 6.07) is 9.01. The minimum absolute atomic E-state index is 0.0104. The molecule has 0 bridgehead atoms. The van der Waals surface area contributed by atoms with Crippen molar-refractivity contribution in [3.05, 3.63) is 53.3 Å². The number of benzene rings is 2. The molecular formula is C19H19FN2O4S.